The van der Waals surface area contributed by atoms with Crippen molar-refractivity contribution in [2.45, 2.75) is 32.3 Å². The summed E-state index contributed by atoms with van der Waals surface area (Å²) in [4.78, 5) is 13.1. The Hall–Kier alpha value is -1.80. The van der Waals surface area contributed by atoms with E-state index in [1.165, 1.54) is 0 Å². The number of anilines is 2. The molecule has 1 unspecified atom stereocenters. The molecular formula is C16H22N6OS. The van der Waals surface area contributed by atoms with E-state index < -0.39 is 0 Å². The molecule has 2 fully saturated rings. The minimum Gasteiger partial charge on any atom is -0.391 e. The maximum Gasteiger partial charge on any atom is 0.208 e. The van der Waals surface area contributed by atoms with E-state index in [0.29, 0.717) is 6.54 Å². The van der Waals surface area contributed by atoms with Crippen LogP contribution >= 0.6 is 11.3 Å². The lowest BCUT2D eigenvalue weighted by Crippen LogP contribution is -2.54. The van der Waals surface area contributed by atoms with Crippen LogP contribution in [0.5, 0.6) is 0 Å². The quantitative estimate of drug-likeness (QED) is 0.883. The third-order valence-corrected chi connectivity index (χ3v) is 6.01. The molecule has 1 atom stereocenters. The predicted molar refractivity (Wildman–Crippen MR) is 93.4 cm³/mol. The molecule has 4 rings (SSSR count). The molecule has 0 saturated carbocycles. The lowest BCUT2D eigenvalue weighted by atomic mass is 9.71. The Morgan fingerprint density at radius 2 is 2.04 bits per heavy atom. The normalized spacial score (nSPS) is 23.7. The number of aromatic nitrogens is 4. The van der Waals surface area contributed by atoms with Gasteiger partial charge < -0.3 is 14.9 Å². The summed E-state index contributed by atoms with van der Waals surface area (Å²) in [6, 6.07) is 0. The summed E-state index contributed by atoms with van der Waals surface area (Å²) < 4.78 is 0. The van der Waals surface area contributed by atoms with Gasteiger partial charge in [0.2, 0.25) is 5.13 Å². The highest BCUT2D eigenvalue weighted by atomic mass is 32.1. The lowest BCUT2D eigenvalue weighted by molar-refractivity contribution is 0.0595. The first kappa shape index (κ1) is 15.7. The molecule has 7 nitrogen and oxygen atoms in total. The first-order valence-electron chi connectivity index (χ1n) is 8.38. The Bertz CT molecular complexity index is 685. The molecule has 2 aromatic rings. The van der Waals surface area contributed by atoms with Crippen molar-refractivity contribution in [1.82, 2.24) is 20.2 Å². The van der Waals surface area contributed by atoms with Crippen molar-refractivity contribution >= 4 is 22.3 Å². The molecule has 2 saturated heterocycles. The molecule has 0 aliphatic carbocycles. The number of piperidine rings is 2. The second-order valence-electron chi connectivity index (χ2n) is 6.89. The van der Waals surface area contributed by atoms with Gasteiger partial charge in [0, 0.05) is 38.6 Å². The number of aryl methyl sites for hydroxylation is 1. The average Bonchev–Trinajstić information content (AvgIpc) is 3.02. The molecule has 1 N–H and O–H groups in total. The largest absolute Gasteiger partial charge is 0.391 e. The molecule has 24 heavy (non-hydrogen) atoms. The molecule has 8 heteroatoms. The standard InChI is InChI=1S/C16H22N6OS/c1-12-19-20-15(24-12)21-6-2-16(3-7-21)8-13(23)10-22(11-16)14-9-17-4-5-18-14/h4-5,9,13,23H,2-3,6-8,10-11H2,1H3. The number of β-amino-alcohol motifs (C(OH)–C–C–N with tert-alkyl or cyclic N) is 1. The van der Waals surface area contributed by atoms with Crippen LogP contribution in [0.2, 0.25) is 0 Å². The molecule has 1 spiro atoms. The van der Waals surface area contributed by atoms with Gasteiger partial charge >= 0.3 is 0 Å². The summed E-state index contributed by atoms with van der Waals surface area (Å²) in [6.07, 6.45) is 7.85. The monoisotopic (exact) mass is 346 g/mol. The summed E-state index contributed by atoms with van der Waals surface area (Å²) in [5, 5.41) is 20.8. The lowest BCUT2D eigenvalue weighted by Gasteiger charge is -2.49. The van der Waals surface area contributed by atoms with Gasteiger partial charge in [-0.2, -0.15) is 0 Å². The predicted octanol–water partition coefficient (Wildman–Crippen LogP) is 1.49. The maximum atomic E-state index is 10.4. The molecule has 128 valence electrons. The van der Waals surface area contributed by atoms with Crippen LogP contribution in [0.3, 0.4) is 0 Å². The zero-order valence-electron chi connectivity index (χ0n) is 13.8. The van der Waals surface area contributed by atoms with Crippen molar-refractivity contribution < 1.29 is 5.11 Å². The highest BCUT2D eigenvalue weighted by Crippen LogP contribution is 2.42. The number of rotatable bonds is 2. The summed E-state index contributed by atoms with van der Waals surface area (Å²) >= 11 is 1.65. The highest BCUT2D eigenvalue weighted by molar-refractivity contribution is 7.15. The van der Waals surface area contributed by atoms with Crippen molar-refractivity contribution in [1.29, 1.82) is 0 Å². The molecular weight excluding hydrogens is 324 g/mol. The first-order valence-corrected chi connectivity index (χ1v) is 9.19. The van der Waals surface area contributed by atoms with Crippen LogP contribution in [0.4, 0.5) is 10.9 Å². The van der Waals surface area contributed by atoms with Crippen molar-refractivity contribution in [3.8, 4) is 0 Å². The van der Waals surface area contributed by atoms with Crippen molar-refractivity contribution in [3.63, 3.8) is 0 Å². The van der Waals surface area contributed by atoms with Gasteiger partial charge in [-0.3, -0.25) is 4.98 Å². The van der Waals surface area contributed by atoms with Gasteiger partial charge in [-0.05, 0) is 31.6 Å². The number of nitrogens with zero attached hydrogens (tertiary/aromatic N) is 6. The summed E-state index contributed by atoms with van der Waals surface area (Å²) in [5.74, 6) is 0.859. The van der Waals surface area contributed by atoms with Crippen LogP contribution in [-0.4, -0.2) is 57.6 Å². The van der Waals surface area contributed by atoms with Gasteiger partial charge in [0.1, 0.15) is 10.8 Å². The van der Waals surface area contributed by atoms with Crippen molar-refractivity contribution in [3.05, 3.63) is 23.6 Å². The Balaban J connectivity index is 1.47. The fraction of sp³-hybridized carbons (Fsp3) is 0.625. The summed E-state index contributed by atoms with van der Waals surface area (Å²) in [7, 11) is 0. The maximum absolute atomic E-state index is 10.4. The number of hydrogen-bond donors (Lipinski definition) is 1. The minimum atomic E-state index is -0.309. The molecule has 0 bridgehead atoms. The highest BCUT2D eigenvalue weighted by Gasteiger charge is 2.42. The van der Waals surface area contributed by atoms with E-state index >= 15 is 0 Å². The average molecular weight is 346 g/mol. The number of hydrogen-bond acceptors (Lipinski definition) is 8. The molecule has 2 aromatic heterocycles. The van der Waals surface area contributed by atoms with Gasteiger partial charge in [0.25, 0.3) is 0 Å². The van der Waals surface area contributed by atoms with Crippen LogP contribution in [0.15, 0.2) is 18.6 Å². The Kier molecular flexibility index (Phi) is 4.09. The molecule has 4 heterocycles. The van der Waals surface area contributed by atoms with E-state index in [0.717, 1.165) is 54.9 Å². The van der Waals surface area contributed by atoms with Crippen LogP contribution in [0.1, 0.15) is 24.3 Å². The Labute approximate surface area is 145 Å². The Morgan fingerprint density at radius 1 is 1.21 bits per heavy atom. The van der Waals surface area contributed by atoms with E-state index in [1.807, 2.05) is 6.92 Å². The second-order valence-corrected chi connectivity index (χ2v) is 8.05. The van der Waals surface area contributed by atoms with Crippen LogP contribution in [0.25, 0.3) is 0 Å². The topological polar surface area (TPSA) is 78.3 Å². The van der Waals surface area contributed by atoms with Crippen molar-refractivity contribution in [2.24, 2.45) is 5.41 Å². The van der Waals surface area contributed by atoms with Crippen molar-refractivity contribution in [2.75, 3.05) is 36.0 Å². The van der Waals surface area contributed by atoms with Gasteiger partial charge in [-0.25, -0.2) is 4.98 Å². The zero-order valence-corrected chi connectivity index (χ0v) is 14.6. The minimum absolute atomic E-state index is 0.144. The fourth-order valence-electron chi connectivity index (χ4n) is 3.93. The smallest absolute Gasteiger partial charge is 0.208 e. The van der Waals surface area contributed by atoms with Crippen LogP contribution in [0, 0.1) is 12.3 Å². The third-order valence-electron chi connectivity index (χ3n) is 5.11. The fourth-order valence-corrected chi connectivity index (χ4v) is 4.67. The Morgan fingerprint density at radius 3 is 2.71 bits per heavy atom. The summed E-state index contributed by atoms with van der Waals surface area (Å²) in [5.41, 5.74) is 0.144. The van der Waals surface area contributed by atoms with E-state index in [9.17, 15) is 5.11 Å². The van der Waals surface area contributed by atoms with Crippen LogP contribution in [-0.2, 0) is 0 Å². The van der Waals surface area contributed by atoms with Gasteiger partial charge in [0.15, 0.2) is 0 Å². The van der Waals surface area contributed by atoms with Crippen LogP contribution < -0.4 is 9.80 Å². The molecule has 2 aliphatic heterocycles. The van der Waals surface area contributed by atoms with Gasteiger partial charge in [-0.1, -0.05) is 11.3 Å². The molecule has 0 amide bonds. The van der Waals surface area contributed by atoms with E-state index in [1.54, 1.807) is 29.9 Å². The first-order chi connectivity index (χ1) is 11.6. The van der Waals surface area contributed by atoms with E-state index in [-0.39, 0.29) is 11.5 Å². The number of aliphatic hydroxyl groups is 1. The third kappa shape index (κ3) is 3.08. The summed E-state index contributed by atoms with van der Waals surface area (Å²) in [6.45, 7) is 5.50. The molecule has 0 aromatic carbocycles. The second kappa shape index (κ2) is 6.25. The molecule has 2 aliphatic rings. The SMILES string of the molecule is Cc1nnc(N2CCC3(CC2)CC(O)CN(c2cnccn2)C3)s1. The van der Waals surface area contributed by atoms with Gasteiger partial charge in [0.05, 0.1) is 12.3 Å². The van der Waals surface area contributed by atoms with E-state index in [4.69, 9.17) is 0 Å². The number of aliphatic hydroxyl groups excluding tert-OH is 1. The zero-order chi connectivity index (χ0) is 16.6. The van der Waals surface area contributed by atoms with Gasteiger partial charge in [-0.15, -0.1) is 10.2 Å². The molecule has 0 radical (unpaired) electrons. The van der Waals surface area contributed by atoms with E-state index in [2.05, 4.69) is 30.0 Å².